The van der Waals surface area contributed by atoms with Gasteiger partial charge in [-0.05, 0) is 23.8 Å². The number of benzene rings is 1. The molecule has 7 heteroatoms. The largest absolute Gasteiger partial charge is 0.480 e. The third-order valence-corrected chi connectivity index (χ3v) is 2.88. The van der Waals surface area contributed by atoms with Crippen molar-refractivity contribution in [2.24, 2.45) is 0 Å². The van der Waals surface area contributed by atoms with E-state index in [1.54, 1.807) is 25.2 Å². The van der Waals surface area contributed by atoms with E-state index >= 15 is 0 Å². The number of hydrogen-bond donors (Lipinski definition) is 2. The van der Waals surface area contributed by atoms with Crippen molar-refractivity contribution in [2.75, 3.05) is 25.6 Å². The van der Waals surface area contributed by atoms with Gasteiger partial charge in [0.25, 0.3) is 0 Å². The Morgan fingerprint density at radius 3 is 2.85 bits per heavy atom. The molecule has 2 amide bonds. The second-order valence-electron chi connectivity index (χ2n) is 4.47. The van der Waals surface area contributed by atoms with E-state index in [2.05, 4.69) is 5.32 Å². The normalized spacial score (nSPS) is 13.7. The summed E-state index contributed by atoms with van der Waals surface area (Å²) in [5.74, 6) is -1.42. The molecule has 1 aromatic rings. The molecule has 1 aliphatic rings. The van der Waals surface area contributed by atoms with Gasteiger partial charge in [0.2, 0.25) is 0 Å². The van der Waals surface area contributed by atoms with Crippen molar-refractivity contribution in [1.82, 2.24) is 4.90 Å². The Balaban J connectivity index is 2.07. The number of carbonyl (C=O) groups excluding carboxylic acids is 2. The van der Waals surface area contributed by atoms with E-state index in [1.165, 1.54) is 4.90 Å². The first-order chi connectivity index (χ1) is 9.47. The Hall–Kier alpha value is -2.41. The lowest BCUT2D eigenvalue weighted by Crippen LogP contribution is -2.35. The highest BCUT2D eigenvalue weighted by Crippen LogP contribution is 2.23. The molecule has 0 saturated carbocycles. The molecule has 1 aromatic carbocycles. The summed E-state index contributed by atoms with van der Waals surface area (Å²) in [5.41, 5.74) is 1.94. The maximum absolute atomic E-state index is 11.8. The summed E-state index contributed by atoms with van der Waals surface area (Å²) in [5, 5.41) is 11.1. The van der Waals surface area contributed by atoms with Gasteiger partial charge in [0.15, 0.2) is 5.78 Å². The molecular formula is C13H14N2O5. The van der Waals surface area contributed by atoms with Crippen molar-refractivity contribution in [3.63, 3.8) is 0 Å². The monoisotopic (exact) mass is 278 g/mol. The number of fused-ring (bicyclic) bond motifs is 1. The molecule has 0 atom stereocenters. The molecule has 0 unspecified atom stereocenters. The van der Waals surface area contributed by atoms with Gasteiger partial charge in [0, 0.05) is 24.8 Å². The lowest BCUT2D eigenvalue weighted by Gasteiger charge is -2.26. The summed E-state index contributed by atoms with van der Waals surface area (Å²) in [4.78, 5) is 35.1. The fourth-order valence-corrected chi connectivity index (χ4v) is 1.87. The number of hydrogen-bond acceptors (Lipinski definition) is 4. The maximum atomic E-state index is 11.8. The van der Waals surface area contributed by atoms with Crippen LogP contribution in [-0.4, -0.2) is 48.1 Å². The fraction of sp³-hybridized carbons (Fsp3) is 0.308. The number of Topliss-reactive ketones (excluding diaryl/α,β-unsaturated/α-hetero) is 1. The third-order valence-electron chi connectivity index (χ3n) is 2.88. The van der Waals surface area contributed by atoms with Crippen LogP contribution in [0.15, 0.2) is 18.2 Å². The minimum atomic E-state index is -1.12. The van der Waals surface area contributed by atoms with E-state index in [4.69, 9.17) is 9.84 Å². The van der Waals surface area contributed by atoms with E-state index in [1.807, 2.05) is 0 Å². The molecular weight excluding hydrogens is 264 g/mol. The molecule has 0 saturated heterocycles. The minimum absolute atomic E-state index is 0.193. The molecule has 0 radical (unpaired) electrons. The zero-order chi connectivity index (χ0) is 14.7. The topological polar surface area (TPSA) is 95.9 Å². The van der Waals surface area contributed by atoms with Crippen LogP contribution in [0.25, 0.3) is 0 Å². The van der Waals surface area contributed by atoms with E-state index in [-0.39, 0.29) is 18.4 Å². The number of nitrogens with zero attached hydrogens (tertiary/aromatic N) is 1. The van der Waals surface area contributed by atoms with Crippen molar-refractivity contribution in [3.8, 4) is 0 Å². The SMILES string of the molecule is CN1Cc2cc(C(=O)COCC(=O)O)ccc2NC1=O. The van der Waals surface area contributed by atoms with Gasteiger partial charge in [-0.2, -0.15) is 0 Å². The predicted molar refractivity (Wildman–Crippen MR) is 69.7 cm³/mol. The van der Waals surface area contributed by atoms with Gasteiger partial charge in [0.1, 0.15) is 13.2 Å². The van der Waals surface area contributed by atoms with Gasteiger partial charge >= 0.3 is 12.0 Å². The van der Waals surface area contributed by atoms with Crippen molar-refractivity contribution in [1.29, 1.82) is 0 Å². The van der Waals surface area contributed by atoms with Crippen molar-refractivity contribution in [3.05, 3.63) is 29.3 Å². The van der Waals surface area contributed by atoms with Gasteiger partial charge < -0.3 is 20.1 Å². The average molecular weight is 278 g/mol. The highest BCUT2D eigenvalue weighted by atomic mass is 16.5. The summed E-state index contributed by atoms with van der Waals surface area (Å²) >= 11 is 0. The Morgan fingerprint density at radius 1 is 1.40 bits per heavy atom. The molecule has 0 bridgehead atoms. The van der Waals surface area contributed by atoms with Crippen LogP contribution in [0.2, 0.25) is 0 Å². The molecule has 0 fully saturated rings. The molecule has 1 aliphatic heterocycles. The minimum Gasteiger partial charge on any atom is -0.480 e. The van der Waals surface area contributed by atoms with Crippen molar-refractivity contribution in [2.45, 2.75) is 6.54 Å². The first kappa shape index (κ1) is 14.0. The standard InChI is InChI=1S/C13H14N2O5/c1-15-5-9-4-8(2-3-10(9)14-13(15)19)11(16)6-20-7-12(17)18/h2-4H,5-7H2,1H3,(H,14,19)(H,17,18). The van der Waals surface area contributed by atoms with Crippen LogP contribution >= 0.6 is 0 Å². The molecule has 0 aliphatic carbocycles. The summed E-state index contributed by atoms with van der Waals surface area (Å²) in [7, 11) is 1.66. The Morgan fingerprint density at radius 2 is 2.15 bits per heavy atom. The summed E-state index contributed by atoms with van der Waals surface area (Å²) in [6.07, 6.45) is 0. The van der Waals surface area contributed by atoms with Crippen LogP contribution in [0, 0.1) is 0 Å². The molecule has 7 nitrogen and oxygen atoms in total. The van der Waals surface area contributed by atoms with Crippen LogP contribution in [-0.2, 0) is 16.1 Å². The van der Waals surface area contributed by atoms with Gasteiger partial charge in [0.05, 0.1) is 0 Å². The number of carboxylic acids is 1. The number of ketones is 1. The van der Waals surface area contributed by atoms with Gasteiger partial charge in [-0.25, -0.2) is 9.59 Å². The molecule has 1 heterocycles. The zero-order valence-electron chi connectivity index (χ0n) is 10.9. The number of rotatable bonds is 5. The van der Waals surface area contributed by atoms with E-state index in [0.29, 0.717) is 17.8 Å². The molecule has 20 heavy (non-hydrogen) atoms. The van der Waals surface area contributed by atoms with Crippen LogP contribution in [0.1, 0.15) is 15.9 Å². The number of carbonyl (C=O) groups is 3. The molecule has 0 aromatic heterocycles. The van der Waals surface area contributed by atoms with Crippen LogP contribution in [0.5, 0.6) is 0 Å². The Bertz CT molecular complexity index is 570. The number of anilines is 1. The summed E-state index contributed by atoms with van der Waals surface area (Å²) in [6.45, 7) is -0.374. The molecule has 0 spiro atoms. The second-order valence-corrected chi connectivity index (χ2v) is 4.47. The summed E-state index contributed by atoms with van der Waals surface area (Å²) < 4.78 is 4.76. The summed E-state index contributed by atoms with van der Waals surface area (Å²) in [6, 6.07) is 4.72. The number of aliphatic carboxylic acids is 1. The van der Waals surface area contributed by atoms with E-state index < -0.39 is 12.6 Å². The number of urea groups is 1. The number of nitrogens with one attached hydrogen (secondary N) is 1. The van der Waals surface area contributed by atoms with Crippen LogP contribution in [0.4, 0.5) is 10.5 Å². The van der Waals surface area contributed by atoms with Gasteiger partial charge in [-0.1, -0.05) is 0 Å². The molecule has 106 valence electrons. The van der Waals surface area contributed by atoms with Crippen molar-refractivity contribution >= 4 is 23.5 Å². The first-order valence-electron chi connectivity index (χ1n) is 5.95. The predicted octanol–water partition coefficient (Wildman–Crippen LogP) is 0.948. The average Bonchev–Trinajstić information content (AvgIpc) is 2.39. The number of amides is 2. The lowest BCUT2D eigenvalue weighted by atomic mass is 10.0. The fourth-order valence-electron chi connectivity index (χ4n) is 1.87. The molecule has 2 rings (SSSR count). The van der Waals surface area contributed by atoms with Crippen LogP contribution < -0.4 is 5.32 Å². The maximum Gasteiger partial charge on any atom is 0.329 e. The highest BCUT2D eigenvalue weighted by molar-refractivity contribution is 5.99. The third kappa shape index (κ3) is 3.12. The lowest BCUT2D eigenvalue weighted by molar-refractivity contribution is -0.141. The van der Waals surface area contributed by atoms with E-state index in [0.717, 1.165) is 5.56 Å². The first-order valence-corrected chi connectivity index (χ1v) is 5.95. The highest BCUT2D eigenvalue weighted by Gasteiger charge is 2.20. The quantitative estimate of drug-likeness (QED) is 0.782. The zero-order valence-corrected chi connectivity index (χ0v) is 10.9. The van der Waals surface area contributed by atoms with Crippen molar-refractivity contribution < 1.29 is 24.2 Å². The molecule has 2 N–H and O–H groups in total. The number of ether oxygens (including phenoxy) is 1. The van der Waals surface area contributed by atoms with Crippen LogP contribution in [0.3, 0.4) is 0 Å². The second kappa shape index (κ2) is 5.70. The van der Waals surface area contributed by atoms with Gasteiger partial charge in [-0.3, -0.25) is 4.79 Å². The van der Waals surface area contributed by atoms with Gasteiger partial charge in [-0.15, -0.1) is 0 Å². The Kier molecular flexibility index (Phi) is 3.99. The Labute approximate surface area is 115 Å². The smallest absolute Gasteiger partial charge is 0.329 e. The van der Waals surface area contributed by atoms with E-state index in [9.17, 15) is 14.4 Å². The number of carboxylic acid groups (broad SMARTS) is 1.